The number of nitrogen functional groups attached to an aromatic ring is 4. The molecule has 4 unspecified atom stereocenters. The number of ether oxygens (including phenoxy) is 6. The van der Waals surface area contributed by atoms with E-state index in [1.807, 2.05) is 0 Å². The highest BCUT2D eigenvalue weighted by Crippen LogP contribution is 2.57. The minimum Gasteiger partial charge on any atom is -0.398 e. The molecule has 0 radical (unpaired) electrons. The summed E-state index contributed by atoms with van der Waals surface area (Å²) in [6.07, 6.45) is -12.5. The van der Waals surface area contributed by atoms with Crippen molar-refractivity contribution in [2.45, 2.75) is 98.9 Å². The number of imidazole rings is 2. The van der Waals surface area contributed by atoms with Gasteiger partial charge in [0.25, 0.3) is 17.7 Å². The van der Waals surface area contributed by atoms with E-state index in [1.54, 1.807) is 0 Å². The maximum Gasteiger partial charge on any atom is 0.472 e. The Morgan fingerprint density at radius 2 is 1.04 bits per heavy atom. The highest BCUT2D eigenvalue weighted by atomic mass is 32.7. The van der Waals surface area contributed by atoms with Gasteiger partial charge in [-0.05, 0) is 35.7 Å². The molecule has 6 aliphatic rings. The molecule has 0 aromatic carbocycles. The molecule has 0 aliphatic carbocycles. The Labute approximate surface area is 526 Å². The molecule has 8 aromatic heterocycles. The number of thiol groups is 1. The lowest BCUT2D eigenvalue weighted by Crippen LogP contribution is -2.34. The first-order valence-corrected chi connectivity index (χ1v) is 37.1. The zero-order chi connectivity index (χ0) is 65.1. The molecule has 18 atom stereocenters. The third-order valence-corrected chi connectivity index (χ3v) is 21.4. The number of anilines is 4. The zero-order valence-electron chi connectivity index (χ0n) is 46.6. The molecule has 14 rings (SSSR count). The predicted molar refractivity (Wildman–Crippen MR) is 320 cm³/mol. The van der Waals surface area contributed by atoms with Gasteiger partial charge in [-0.25, -0.2) is 42.1 Å². The number of phosphoric acid groups is 1. The minimum absolute atomic E-state index is 0.0472. The van der Waals surface area contributed by atoms with E-state index < -0.39 is 176 Å². The first-order valence-electron chi connectivity index (χ1n) is 27.2. The number of H-pyrrole nitrogens is 2. The van der Waals surface area contributed by atoms with Gasteiger partial charge in [-0.3, -0.25) is 46.8 Å². The van der Waals surface area contributed by atoms with Crippen LogP contribution in [-0.4, -0.2) is 173 Å². The summed E-state index contributed by atoms with van der Waals surface area (Å²) in [5, 5.41) is 0.185. The van der Waals surface area contributed by atoms with Crippen LogP contribution in [0.3, 0.4) is 0 Å². The molecule has 0 amide bonds. The molecule has 35 nitrogen and oxygen atoms in total. The van der Waals surface area contributed by atoms with Gasteiger partial charge in [0.05, 0.1) is 62.1 Å². The van der Waals surface area contributed by atoms with E-state index in [-0.39, 0.29) is 80.5 Å². The standard InChI is InChI=1S/C23H26F2N8O10P2S.C23H26F2N8O9P2S2/c24-9-4-32(19-15(9)10(26)1-2-28-19)14-3-11-12(41-14)5-40-45(36,37)43-18-16(25)13(6-39-44(35,46)8-38-11)42-22(18)33-7-29-17-20(33)30-23(27)31-21(17)34;24-9-4-32(19-15(9)10(26)1-2-28-19)14-3-11-12(40-14)5-39-44(36,46)42-18-16(25)13(6-38-43(35,45)8-37-11)41-22(18)33-7-29-17-20(33)30-23(27)31-21(17)34/h1-2,4,7,11-14,16,18,22H,3,5-6,8H2,(H2,26,28)(H,35,46)(H,36,37)(H3,27,30,31,34);1-2,4,7,11-14,16,18,22H,3,5-6,8H2,(H2,26,28)(H,35,45)(H,36,46)(H3,27,30,31,34)/t11-,12+,13+,14+,16+,18+,22+,44?;11-,12+,13+,14+,16+,18+,22+,43?,44?/m00/s1. The van der Waals surface area contributed by atoms with Crippen LogP contribution in [0.1, 0.15) is 37.8 Å². The van der Waals surface area contributed by atoms with Crippen molar-refractivity contribution in [2.24, 2.45) is 0 Å². The molecular formula is C46H52F4N16O19P4S3. The van der Waals surface area contributed by atoms with Crippen LogP contribution in [0.5, 0.6) is 0 Å². The molecule has 0 saturated carbocycles. The lowest BCUT2D eigenvalue weighted by Gasteiger charge is -2.27. The number of aromatic amines is 2. The molecule has 4 bridgehead atoms. The summed E-state index contributed by atoms with van der Waals surface area (Å²) >= 11 is 14.6. The van der Waals surface area contributed by atoms with E-state index in [0.717, 1.165) is 23.4 Å². The SMILES string of the molecule is Nc1nc2c(ncn2[C@@H]2O[C@@H]3COP(=O)(S)CO[C@H]4C[C@H](n5cc(F)c6c(N)ccnc65)O[C@@H]4COP(O)(=S)O[C@@H]2[C@@H]3F)c(=O)[nH]1.Nc1nc2c(ncn2[C@@H]2O[C@@H]3COP(O)(=S)CO[C@H]4C[C@H](n5cc(F)c6c(N)ccnc65)O[C@@H]4COP(=O)(O)O[C@@H]2[C@@H]3F)c(=O)[nH]1. The first kappa shape index (κ1) is 65.2. The van der Waals surface area contributed by atoms with E-state index in [1.165, 1.54) is 44.4 Å². The average molecular weight is 1430 g/mol. The van der Waals surface area contributed by atoms with Crippen LogP contribution in [0.4, 0.5) is 40.8 Å². The number of phosphoric ester groups is 1. The summed E-state index contributed by atoms with van der Waals surface area (Å²) in [5.74, 6) is -1.78. The Hall–Kier alpha value is -5.49. The van der Waals surface area contributed by atoms with Crippen molar-refractivity contribution >= 4 is 131 Å². The largest absolute Gasteiger partial charge is 0.472 e. The van der Waals surface area contributed by atoms with Crippen LogP contribution >= 0.6 is 39.9 Å². The van der Waals surface area contributed by atoms with Gasteiger partial charge in [0, 0.05) is 49.0 Å². The summed E-state index contributed by atoms with van der Waals surface area (Å²) in [6.45, 7) is -14.0. The molecule has 6 fully saturated rings. The molecule has 6 aliphatic heterocycles. The summed E-state index contributed by atoms with van der Waals surface area (Å²) < 4.78 is 161. The number of pyridine rings is 2. The van der Waals surface area contributed by atoms with Crippen LogP contribution in [0.2, 0.25) is 0 Å². The first-order chi connectivity index (χ1) is 43.6. The summed E-state index contributed by atoms with van der Waals surface area (Å²) in [4.78, 5) is 86.4. The number of nitrogens with one attached hydrogen (secondary N) is 2. The number of fused-ring (bicyclic) bond motifs is 10. The smallest absolute Gasteiger partial charge is 0.398 e. The van der Waals surface area contributed by atoms with Gasteiger partial charge in [0.15, 0.2) is 58.8 Å². The predicted octanol–water partition coefficient (Wildman–Crippen LogP) is 3.28. The monoisotopic (exact) mass is 1430 g/mol. The third kappa shape index (κ3) is 12.8. The Morgan fingerprint density at radius 1 is 0.587 bits per heavy atom. The lowest BCUT2D eigenvalue weighted by atomic mass is 10.1. The normalized spacial score (nSPS) is 35.8. The second kappa shape index (κ2) is 24.9. The van der Waals surface area contributed by atoms with Gasteiger partial charge < -0.3 is 88.7 Å². The molecule has 14 heterocycles. The quantitative estimate of drug-likeness (QED) is 0.0686. The van der Waals surface area contributed by atoms with E-state index in [0.29, 0.717) is 0 Å². The summed E-state index contributed by atoms with van der Waals surface area (Å²) in [6, 6.07) is 2.91. The third-order valence-electron chi connectivity index (χ3n) is 15.5. The van der Waals surface area contributed by atoms with Gasteiger partial charge in [-0.1, -0.05) is 12.2 Å². The fraction of sp³-hybridized carbons (Fsp3) is 0.478. The number of hydrogen-bond acceptors (Lipinski definition) is 28. The van der Waals surface area contributed by atoms with Gasteiger partial charge in [0.1, 0.15) is 73.1 Å². The molecule has 92 heavy (non-hydrogen) atoms. The highest BCUT2D eigenvalue weighted by molar-refractivity contribution is 8.46. The number of rotatable bonds is 4. The lowest BCUT2D eigenvalue weighted by molar-refractivity contribution is -0.0617. The van der Waals surface area contributed by atoms with Crippen molar-refractivity contribution < 1.29 is 96.9 Å². The van der Waals surface area contributed by atoms with Crippen LogP contribution in [0.25, 0.3) is 44.4 Å². The molecule has 496 valence electrons. The van der Waals surface area contributed by atoms with Crippen molar-refractivity contribution in [2.75, 3.05) is 62.1 Å². The maximum absolute atomic E-state index is 15.9. The highest BCUT2D eigenvalue weighted by Gasteiger charge is 2.54. The van der Waals surface area contributed by atoms with Crippen molar-refractivity contribution in [3.8, 4) is 0 Å². The van der Waals surface area contributed by atoms with Crippen molar-refractivity contribution in [1.82, 2.24) is 58.1 Å². The molecule has 13 N–H and O–H groups in total. The number of nitrogens with zero attached hydrogens (tertiary/aromatic N) is 10. The van der Waals surface area contributed by atoms with E-state index in [4.69, 9.17) is 102 Å². The molecule has 8 aromatic rings. The topological polar surface area (TPSA) is 472 Å². The minimum atomic E-state index is -5.08. The average Bonchev–Trinajstić information content (AvgIpc) is 1.65. The van der Waals surface area contributed by atoms with Gasteiger partial charge in [0.2, 0.25) is 18.4 Å². The van der Waals surface area contributed by atoms with E-state index in [2.05, 4.69) is 52.1 Å². The van der Waals surface area contributed by atoms with Crippen LogP contribution in [0.15, 0.2) is 59.2 Å². The van der Waals surface area contributed by atoms with Crippen molar-refractivity contribution in [3.63, 3.8) is 0 Å². The maximum atomic E-state index is 15.9. The van der Waals surface area contributed by atoms with Crippen molar-refractivity contribution in [3.05, 3.63) is 81.9 Å². The van der Waals surface area contributed by atoms with E-state index >= 15 is 8.78 Å². The Bertz CT molecular complexity index is 4240. The second-order valence-corrected chi connectivity index (χ2v) is 32.8. The van der Waals surface area contributed by atoms with Crippen LogP contribution in [0, 0.1) is 11.6 Å². The zero-order valence-corrected chi connectivity index (χ0v) is 52.7. The number of aromatic nitrogens is 12. The van der Waals surface area contributed by atoms with Crippen LogP contribution < -0.4 is 34.1 Å². The summed E-state index contributed by atoms with van der Waals surface area (Å²) in [5.41, 5.74) is 22.2. The van der Waals surface area contributed by atoms with Crippen LogP contribution in [-0.2, 0) is 88.3 Å². The number of nitrogens with two attached hydrogens (primary N) is 4. The van der Waals surface area contributed by atoms with Gasteiger partial charge in [-0.15, -0.1) is 0 Å². The number of hydrogen-bond donors (Lipinski definition) is 10. The number of alkyl halides is 2. The van der Waals surface area contributed by atoms with Gasteiger partial charge >= 0.3 is 14.5 Å². The molecule has 46 heteroatoms. The van der Waals surface area contributed by atoms with Gasteiger partial charge in [-0.2, -0.15) is 9.97 Å². The second-order valence-electron chi connectivity index (χ2n) is 21.5. The Kier molecular flexibility index (Phi) is 17.7. The summed E-state index contributed by atoms with van der Waals surface area (Å²) in [7, 11) is -5.08. The van der Waals surface area contributed by atoms with Crippen molar-refractivity contribution in [1.29, 1.82) is 0 Å². The molecule has 0 spiro atoms. The fourth-order valence-corrected chi connectivity index (χ4v) is 16.0. The van der Waals surface area contributed by atoms with E-state index in [9.17, 15) is 42.2 Å². The Balaban J connectivity index is 0.000000168. The fourth-order valence-electron chi connectivity index (χ4n) is 11.3. The molecular weight excluding hydrogens is 1380 g/mol. The Morgan fingerprint density at radius 3 is 1.55 bits per heavy atom. The number of halogens is 4. The molecule has 6 saturated heterocycles.